The van der Waals surface area contributed by atoms with Crippen LogP contribution in [0.15, 0.2) is 24.3 Å². The van der Waals surface area contributed by atoms with Crippen molar-refractivity contribution in [3.63, 3.8) is 0 Å². The van der Waals surface area contributed by atoms with Gasteiger partial charge in [-0.3, -0.25) is 0 Å². The molecule has 1 aromatic carbocycles. The molecule has 17 heavy (non-hydrogen) atoms. The Morgan fingerprint density at radius 2 is 2.06 bits per heavy atom. The average Bonchev–Trinajstić information content (AvgIpc) is 3.15. The molecule has 0 saturated heterocycles. The molecule has 1 aliphatic rings. The van der Waals surface area contributed by atoms with Crippen molar-refractivity contribution in [1.29, 1.82) is 0 Å². The van der Waals surface area contributed by atoms with Crippen LogP contribution in [-0.4, -0.2) is 25.7 Å². The summed E-state index contributed by atoms with van der Waals surface area (Å²) in [4.78, 5) is 2.48. The molecule has 0 aliphatic heterocycles. The Morgan fingerprint density at radius 3 is 2.71 bits per heavy atom. The fourth-order valence-electron chi connectivity index (χ4n) is 2.23. The van der Waals surface area contributed by atoms with Gasteiger partial charge in [-0.1, -0.05) is 18.2 Å². The SMILES string of the molecule is CCN(CCCNC1CC1)c1ccccc1C. The number of hydrogen-bond acceptors (Lipinski definition) is 2. The number of para-hydroxylation sites is 1. The van der Waals surface area contributed by atoms with E-state index in [9.17, 15) is 0 Å². The predicted octanol–water partition coefficient (Wildman–Crippen LogP) is 2.96. The molecule has 0 spiro atoms. The van der Waals surface area contributed by atoms with Crippen molar-refractivity contribution in [1.82, 2.24) is 5.32 Å². The van der Waals surface area contributed by atoms with E-state index in [-0.39, 0.29) is 0 Å². The van der Waals surface area contributed by atoms with E-state index < -0.39 is 0 Å². The minimum Gasteiger partial charge on any atom is -0.372 e. The van der Waals surface area contributed by atoms with Gasteiger partial charge in [0.1, 0.15) is 0 Å². The first-order valence-electron chi connectivity index (χ1n) is 6.85. The first-order valence-corrected chi connectivity index (χ1v) is 6.85. The number of rotatable bonds is 7. The summed E-state index contributed by atoms with van der Waals surface area (Å²) in [5, 5.41) is 3.58. The van der Waals surface area contributed by atoms with E-state index >= 15 is 0 Å². The first kappa shape index (κ1) is 12.4. The number of benzene rings is 1. The van der Waals surface area contributed by atoms with E-state index in [2.05, 4.69) is 48.3 Å². The number of nitrogens with one attached hydrogen (secondary N) is 1. The van der Waals surface area contributed by atoms with Crippen LogP contribution >= 0.6 is 0 Å². The highest BCUT2D eigenvalue weighted by Crippen LogP contribution is 2.20. The lowest BCUT2D eigenvalue weighted by molar-refractivity contribution is 0.633. The lowest BCUT2D eigenvalue weighted by Crippen LogP contribution is -2.28. The molecule has 1 aliphatic carbocycles. The molecule has 94 valence electrons. The van der Waals surface area contributed by atoms with Gasteiger partial charge in [0, 0.05) is 24.8 Å². The zero-order chi connectivity index (χ0) is 12.1. The quantitative estimate of drug-likeness (QED) is 0.727. The van der Waals surface area contributed by atoms with E-state index in [0.717, 1.165) is 25.7 Å². The maximum atomic E-state index is 3.58. The van der Waals surface area contributed by atoms with Gasteiger partial charge in [0.2, 0.25) is 0 Å². The zero-order valence-electron chi connectivity index (χ0n) is 11.1. The number of nitrogens with zero attached hydrogens (tertiary/aromatic N) is 1. The van der Waals surface area contributed by atoms with Crippen molar-refractivity contribution < 1.29 is 0 Å². The zero-order valence-corrected chi connectivity index (χ0v) is 11.1. The fourth-order valence-corrected chi connectivity index (χ4v) is 2.23. The maximum absolute atomic E-state index is 3.58. The van der Waals surface area contributed by atoms with Gasteiger partial charge in [-0.25, -0.2) is 0 Å². The van der Waals surface area contributed by atoms with Crippen molar-refractivity contribution in [2.45, 2.75) is 39.2 Å². The summed E-state index contributed by atoms with van der Waals surface area (Å²) in [6, 6.07) is 9.51. The first-order chi connectivity index (χ1) is 8.31. The van der Waals surface area contributed by atoms with Crippen LogP contribution in [0.2, 0.25) is 0 Å². The Morgan fingerprint density at radius 1 is 1.29 bits per heavy atom. The largest absolute Gasteiger partial charge is 0.372 e. The molecule has 1 aromatic rings. The molecule has 0 heterocycles. The lowest BCUT2D eigenvalue weighted by atomic mass is 10.1. The third-order valence-corrected chi connectivity index (χ3v) is 3.45. The third kappa shape index (κ3) is 3.74. The lowest BCUT2D eigenvalue weighted by Gasteiger charge is -2.25. The second-order valence-corrected chi connectivity index (χ2v) is 4.95. The average molecular weight is 232 g/mol. The third-order valence-electron chi connectivity index (χ3n) is 3.45. The number of hydrogen-bond donors (Lipinski definition) is 1. The highest BCUT2D eigenvalue weighted by Gasteiger charge is 2.19. The Balaban J connectivity index is 1.80. The van der Waals surface area contributed by atoms with Gasteiger partial charge in [0.05, 0.1) is 0 Å². The standard InChI is InChI=1S/C15H24N2/c1-3-17(12-6-11-16-14-9-10-14)15-8-5-4-7-13(15)2/h4-5,7-8,14,16H,3,6,9-12H2,1-2H3. The van der Waals surface area contributed by atoms with Crippen molar-refractivity contribution in [2.24, 2.45) is 0 Å². The van der Waals surface area contributed by atoms with Crippen molar-refractivity contribution in [3.8, 4) is 0 Å². The van der Waals surface area contributed by atoms with Gasteiger partial charge in [0.25, 0.3) is 0 Å². The molecular formula is C15H24N2. The predicted molar refractivity (Wildman–Crippen MR) is 74.7 cm³/mol. The van der Waals surface area contributed by atoms with E-state index in [1.54, 1.807) is 0 Å². The van der Waals surface area contributed by atoms with Gasteiger partial charge in [-0.2, -0.15) is 0 Å². The highest BCUT2D eigenvalue weighted by atomic mass is 15.1. The Bertz CT molecular complexity index is 345. The van der Waals surface area contributed by atoms with Crippen LogP contribution in [0.5, 0.6) is 0 Å². The van der Waals surface area contributed by atoms with E-state index in [1.165, 1.54) is 30.5 Å². The minimum atomic E-state index is 0.837. The van der Waals surface area contributed by atoms with Gasteiger partial charge < -0.3 is 10.2 Å². The summed E-state index contributed by atoms with van der Waals surface area (Å²) >= 11 is 0. The van der Waals surface area contributed by atoms with Crippen LogP contribution in [0.4, 0.5) is 5.69 Å². The monoisotopic (exact) mass is 232 g/mol. The Kier molecular flexibility index (Phi) is 4.43. The topological polar surface area (TPSA) is 15.3 Å². The second-order valence-electron chi connectivity index (χ2n) is 4.95. The molecule has 0 aromatic heterocycles. The molecule has 1 saturated carbocycles. The van der Waals surface area contributed by atoms with E-state index in [1.807, 2.05) is 0 Å². The summed E-state index contributed by atoms with van der Waals surface area (Å²) in [5.74, 6) is 0. The molecule has 2 heteroatoms. The van der Waals surface area contributed by atoms with E-state index in [0.29, 0.717) is 0 Å². The van der Waals surface area contributed by atoms with Crippen LogP contribution in [0.3, 0.4) is 0 Å². The summed E-state index contributed by atoms with van der Waals surface area (Å²) in [7, 11) is 0. The summed E-state index contributed by atoms with van der Waals surface area (Å²) in [6.45, 7) is 7.84. The second kappa shape index (κ2) is 6.06. The van der Waals surface area contributed by atoms with Gasteiger partial charge in [-0.15, -0.1) is 0 Å². The molecule has 2 rings (SSSR count). The van der Waals surface area contributed by atoms with Crippen molar-refractivity contribution >= 4 is 5.69 Å². The summed E-state index contributed by atoms with van der Waals surface area (Å²) in [6.07, 6.45) is 4.00. The van der Waals surface area contributed by atoms with Gasteiger partial charge in [-0.05, 0) is 51.3 Å². The van der Waals surface area contributed by atoms with Crippen molar-refractivity contribution in [2.75, 3.05) is 24.5 Å². The van der Waals surface area contributed by atoms with Crippen LogP contribution in [0, 0.1) is 6.92 Å². The normalized spacial score (nSPS) is 14.9. The Hall–Kier alpha value is -1.02. The van der Waals surface area contributed by atoms with Gasteiger partial charge >= 0.3 is 0 Å². The highest BCUT2D eigenvalue weighted by molar-refractivity contribution is 5.52. The smallest absolute Gasteiger partial charge is 0.0395 e. The molecule has 0 radical (unpaired) electrons. The van der Waals surface area contributed by atoms with Crippen LogP contribution in [0.1, 0.15) is 31.7 Å². The molecule has 0 atom stereocenters. The molecule has 1 N–H and O–H groups in total. The molecule has 2 nitrogen and oxygen atoms in total. The van der Waals surface area contributed by atoms with Crippen LogP contribution < -0.4 is 10.2 Å². The van der Waals surface area contributed by atoms with Crippen LogP contribution in [0.25, 0.3) is 0 Å². The number of anilines is 1. The van der Waals surface area contributed by atoms with E-state index in [4.69, 9.17) is 0 Å². The summed E-state index contributed by atoms with van der Waals surface area (Å²) in [5.41, 5.74) is 2.77. The fraction of sp³-hybridized carbons (Fsp3) is 0.600. The van der Waals surface area contributed by atoms with Gasteiger partial charge in [0.15, 0.2) is 0 Å². The van der Waals surface area contributed by atoms with Crippen molar-refractivity contribution in [3.05, 3.63) is 29.8 Å². The molecule has 0 bridgehead atoms. The molecular weight excluding hydrogens is 208 g/mol. The molecule has 0 unspecified atom stereocenters. The van der Waals surface area contributed by atoms with Crippen LogP contribution in [-0.2, 0) is 0 Å². The number of aryl methyl sites for hydroxylation is 1. The maximum Gasteiger partial charge on any atom is 0.0395 e. The summed E-state index contributed by atoms with van der Waals surface area (Å²) < 4.78 is 0. The molecule has 1 fully saturated rings. The molecule has 0 amide bonds. The Labute approximate surface area is 105 Å². The minimum absolute atomic E-state index is 0.837.